The molecule has 0 spiro atoms. The third-order valence-corrected chi connectivity index (χ3v) is 6.06. The lowest BCUT2D eigenvalue weighted by Crippen LogP contribution is -2.12. The van der Waals surface area contributed by atoms with Crippen LogP contribution in [0.15, 0.2) is 52.9 Å². The summed E-state index contributed by atoms with van der Waals surface area (Å²) in [5, 5.41) is 10.1. The summed E-state index contributed by atoms with van der Waals surface area (Å²) in [4.78, 5) is 12.2. The Morgan fingerprint density at radius 3 is 2.12 bits per heavy atom. The molecule has 0 bridgehead atoms. The molecule has 0 aliphatic carbocycles. The molecule has 3 aromatic rings. The number of hydrogen-bond donors (Lipinski definition) is 2. The number of benzene rings is 2. The van der Waals surface area contributed by atoms with Gasteiger partial charge in [-0.15, -0.1) is 10.2 Å². The molecule has 0 aliphatic rings. The Morgan fingerprint density at radius 1 is 0.923 bits per heavy atom. The number of nitrogens with zero attached hydrogens (tertiary/aromatic N) is 2. The quantitative estimate of drug-likeness (QED) is 0.654. The van der Waals surface area contributed by atoms with Crippen LogP contribution in [0.25, 0.3) is 0 Å². The van der Waals surface area contributed by atoms with E-state index in [1.807, 2.05) is 26.0 Å². The lowest BCUT2D eigenvalue weighted by atomic mass is 10.1. The fourth-order valence-corrected chi connectivity index (χ4v) is 4.02. The zero-order valence-corrected chi connectivity index (χ0v) is 15.7. The number of aryl methyl sites for hydroxylation is 2. The van der Waals surface area contributed by atoms with Gasteiger partial charge in [0.1, 0.15) is 0 Å². The number of nitrogens with one attached hydrogen (secondary N) is 2. The van der Waals surface area contributed by atoms with Crippen molar-refractivity contribution in [1.29, 1.82) is 0 Å². The molecule has 134 valence electrons. The van der Waals surface area contributed by atoms with Crippen molar-refractivity contribution in [3.63, 3.8) is 0 Å². The maximum Gasteiger partial charge on any atom is 0.291 e. The molecule has 0 unspecified atom stereocenters. The Morgan fingerprint density at radius 2 is 1.50 bits per heavy atom. The Bertz CT molecular complexity index is 1030. The Hall–Kier alpha value is -2.78. The number of anilines is 2. The van der Waals surface area contributed by atoms with Gasteiger partial charge in [0.2, 0.25) is 5.13 Å². The monoisotopic (exact) mass is 388 g/mol. The van der Waals surface area contributed by atoms with Crippen LogP contribution >= 0.6 is 11.3 Å². The van der Waals surface area contributed by atoms with Crippen LogP contribution in [0.5, 0.6) is 0 Å². The molecule has 0 saturated carbocycles. The Labute approximate surface area is 155 Å². The van der Waals surface area contributed by atoms with E-state index in [0.29, 0.717) is 11.3 Å². The van der Waals surface area contributed by atoms with Gasteiger partial charge in [0, 0.05) is 11.3 Å². The third kappa shape index (κ3) is 4.24. The van der Waals surface area contributed by atoms with Gasteiger partial charge in [-0.2, -0.15) is 8.42 Å². The highest BCUT2D eigenvalue weighted by atomic mass is 32.2. The molecule has 2 aromatic carbocycles. The van der Waals surface area contributed by atoms with E-state index in [0.717, 1.165) is 22.5 Å². The predicted molar refractivity (Wildman–Crippen MR) is 101 cm³/mol. The summed E-state index contributed by atoms with van der Waals surface area (Å²) in [7, 11) is -3.87. The van der Waals surface area contributed by atoms with Crippen LogP contribution in [0, 0.1) is 13.8 Å². The van der Waals surface area contributed by atoms with Crippen LogP contribution in [-0.4, -0.2) is 24.5 Å². The van der Waals surface area contributed by atoms with Gasteiger partial charge in [0.25, 0.3) is 20.3 Å². The maximum atomic E-state index is 12.4. The molecule has 26 heavy (non-hydrogen) atoms. The van der Waals surface area contributed by atoms with Gasteiger partial charge < -0.3 is 0 Å². The molecule has 3 rings (SSSR count). The number of rotatable bonds is 5. The van der Waals surface area contributed by atoms with E-state index in [4.69, 9.17) is 0 Å². The average Bonchev–Trinajstić information content (AvgIpc) is 3.07. The number of carbonyl (C=O) groups is 1. The summed E-state index contributed by atoms with van der Waals surface area (Å²) in [6, 6.07) is 13.9. The van der Waals surface area contributed by atoms with Gasteiger partial charge in [0.15, 0.2) is 0 Å². The van der Waals surface area contributed by atoms with Crippen molar-refractivity contribution in [2.75, 3.05) is 10.0 Å². The van der Waals surface area contributed by atoms with Gasteiger partial charge in [0.05, 0.1) is 0 Å². The zero-order valence-electron chi connectivity index (χ0n) is 14.1. The van der Waals surface area contributed by atoms with E-state index < -0.39 is 10.0 Å². The second-order valence-electron chi connectivity index (χ2n) is 5.66. The topological polar surface area (TPSA) is 101 Å². The summed E-state index contributed by atoms with van der Waals surface area (Å²) in [6.07, 6.45) is 0. The Balaban J connectivity index is 1.73. The fourth-order valence-electron chi connectivity index (χ4n) is 2.06. The van der Waals surface area contributed by atoms with Crippen LogP contribution in [-0.2, 0) is 10.0 Å². The molecule has 2 N–H and O–H groups in total. The first-order chi connectivity index (χ1) is 12.3. The molecular weight excluding hydrogens is 372 g/mol. The normalized spacial score (nSPS) is 11.2. The van der Waals surface area contributed by atoms with E-state index in [1.54, 1.807) is 36.4 Å². The van der Waals surface area contributed by atoms with Gasteiger partial charge >= 0.3 is 0 Å². The molecule has 1 heterocycles. The maximum absolute atomic E-state index is 12.4. The first-order valence-corrected chi connectivity index (χ1v) is 9.94. The first-order valence-electron chi connectivity index (χ1n) is 7.64. The number of carbonyl (C=O) groups excluding carboxylic acids is 1. The first kappa shape index (κ1) is 18.0. The summed E-state index contributed by atoms with van der Waals surface area (Å²) in [5.41, 5.74) is 2.93. The van der Waals surface area contributed by atoms with Crippen molar-refractivity contribution in [2.45, 2.75) is 18.2 Å². The van der Waals surface area contributed by atoms with Crippen LogP contribution in [0.2, 0.25) is 0 Å². The van der Waals surface area contributed by atoms with Gasteiger partial charge in [-0.05, 0) is 38.1 Å². The standard InChI is InChI=1S/C17H16N4O3S2/c1-11-3-7-13(8-4-11)15(22)18-16-19-20-17(25-16)26(23,24)21-14-9-5-12(2)6-10-14/h3-10,21H,1-2H3,(H,18,19,22). The summed E-state index contributed by atoms with van der Waals surface area (Å²) >= 11 is 0.784. The molecule has 0 fully saturated rings. The number of hydrogen-bond acceptors (Lipinski definition) is 6. The van der Waals surface area contributed by atoms with E-state index in [1.165, 1.54) is 0 Å². The number of sulfonamides is 1. The average molecular weight is 388 g/mol. The highest BCUT2D eigenvalue weighted by Gasteiger charge is 2.21. The molecule has 7 nitrogen and oxygen atoms in total. The molecule has 0 atom stereocenters. The van der Waals surface area contributed by atoms with E-state index in [-0.39, 0.29) is 15.4 Å². The molecule has 1 amide bonds. The van der Waals surface area contributed by atoms with Crippen molar-refractivity contribution >= 4 is 38.1 Å². The van der Waals surface area contributed by atoms with Crippen LogP contribution in [0.4, 0.5) is 10.8 Å². The minimum absolute atomic E-state index is 0.111. The zero-order chi connectivity index (χ0) is 18.7. The van der Waals surface area contributed by atoms with E-state index in [2.05, 4.69) is 20.2 Å². The van der Waals surface area contributed by atoms with Crippen molar-refractivity contribution in [1.82, 2.24) is 10.2 Å². The van der Waals surface area contributed by atoms with Gasteiger partial charge in [-0.25, -0.2) is 0 Å². The fraction of sp³-hybridized carbons (Fsp3) is 0.118. The summed E-state index contributed by atoms with van der Waals surface area (Å²) in [6.45, 7) is 3.83. The molecular formula is C17H16N4O3S2. The van der Waals surface area contributed by atoms with Crippen LogP contribution in [0.3, 0.4) is 0 Å². The lowest BCUT2D eigenvalue weighted by Gasteiger charge is -2.05. The summed E-state index contributed by atoms with van der Waals surface area (Å²) in [5.74, 6) is -0.378. The lowest BCUT2D eigenvalue weighted by molar-refractivity contribution is 0.102. The van der Waals surface area contributed by atoms with Crippen molar-refractivity contribution in [2.24, 2.45) is 0 Å². The Kier molecular flexibility index (Phi) is 5.01. The van der Waals surface area contributed by atoms with Gasteiger partial charge in [-0.3, -0.25) is 14.8 Å². The van der Waals surface area contributed by atoms with E-state index >= 15 is 0 Å². The van der Waals surface area contributed by atoms with Crippen LogP contribution < -0.4 is 10.0 Å². The predicted octanol–water partition coefficient (Wildman–Crippen LogP) is 3.21. The highest BCUT2D eigenvalue weighted by Crippen LogP contribution is 2.23. The smallest absolute Gasteiger partial charge is 0.291 e. The summed E-state index contributed by atoms with van der Waals surface area (Å²) < 4.78 is 27.0. The van der Waals surface area contributed by atoms with Crippen molar-refractivity contribution in [3.05, 3.63) is 65.2 Å². The molecule has 0 saturated heterocycles. The van der Waals surface area contributed by atoms with E-state index in [9.17, 15) is 13.2 Å². The number of amides is 1. The number of aromatic nitrogens is 2. The molecule has 0 aliphatic heterocycles. The minimum atomic E-state index is -3.87. The highest BCUT2D eigenvalue weighted by molar-refractivity contribution is 7.94. The van der Waals surface area contributed by atoms with Gasteiger partial charge in [-0.1, -0.05) is 46.7 Å². The minimum Gasteiger partial charge on any atom is -0.296 e. The second-order valence-corrected chi connectivity index (χ2v) is 8.50. The molecule has 1 aromatic heterocycles. The van der Waals surface area contributed by atoms with Crippen LogP contribution in [0.1, 0.15) is 21.5 Å². The molecule has 0 radical (unpaired) electrons. The third-order valence-electron chi connectivity index (χ3n) is 3.47. The second kappa shape index (κ2) is 7.22. The van der Waals surface area contributed by atoms with Crippen molar-refractivity contribution < 1.29 is 13.2 Å². The largest absolute Gasteiger partial charge is 0.296 e. The van der Waals surface area contributed by atoms with Crippen molar-refractivity contribution in [3.8, 4) is 0 Å². The molecule has 9 heteroatoms. The SMILES string of the molecule is Cc1ccc(NS(=O)(=O)c2nnc(NC(=O)c3ccc(C)cc3)s2)cc1.